The number of carbonyl (C=O) groups is 1. The number of benzene rings is 1. The number of ether oxygens (including phenoxy) is 1. The molecule has 1 aromatic carbocycles. The lowest BCUT2D eigenvalue weighted by Gasteiger charge is -2.33. The zero-order valence-corrected chi connectivity index (χ0v) is 14.0. The van der Waals surface area contributed by atoms with Crippen LogP contribution in [0.15, 0.2) is 30.3 Å². The average Bonchev–Trinajstić information content (AvgIpc) is 2.52. The summed E-state index contributed by atoms with van der Waals surface area (Å²) in [6.45, 7) is 2.57. The first-order chi connectivity index (χ1) is 11.2. The molecule has 0 saturated heterocycles. The van der Waals surface area contributed by atoms with E-state index in [1.807, 2.05) is 0 Å². The number of rotatable bonds is 8. The Morgan fingerprint density at radius 1 is 1.25 bits per heavy atom. The molecule has 0 radical (unpaired) electrons. The second-order valence-corrected chi connectivity index (χ2v) is 6.04. The summed E-state index contributed by atoms with van der Waals surface area (Å²) in [6.07, 6.45) is -4.53. The van der Waals surface area contributed by atoms with E-state index in [2.05, 4.69) is 10.1 Å². The molecule has 0 saturated carbocycles. The highest BCUT2D eigenvalue weighted by atomic mass is 19.4. The van der Waals surface area contributed by atoms with E-state index in [0.717, 1.165) is 7.11 Å². The second-order valence-electron chi connectivity index (χ2n) is 6.04. The van der Waals surface area contributed by atoms with Crippen LogP contribution in [0.2, 0.25) is 0 Å². The quantitative estimate of drug-likeness (QED) is 0.710. The fourth-order valence-corrected chi connectivity index (χ4v) is 2.58. The summed E-state index contributed by atoms with van der Waals surface area (Å²) in [7, 11) is 1.14. The standard InChI is InChI=1S/C17H24F3NO3/c1-11(2)13(10-22)15(17(18,19)20)21-14(16(23)24-3)9-12-7-5-4-6-8-12/h4-8,11,13-15,21-22H,9-10H2,1-3H3/t13-,14-,15-/m0/s1. The highest BCUT2D eigenvalue weighted by Crippen LogP contribution is 2.30. The van der Waals surface area contributed by atoms with Crippen LogP contribution in [-0.2, 0) is 16.0 Å². The van der Waals surface area contributed by atoms with Gasteiger partial charge < -0.3 is 9.84 Å². The van der Waals surface area contributed by atoms with Crippen molar-refractivity contribution in [1.29, 1.82) is 0 Å². The Morgan fingerprint density at radius 3 is 2.25 bits per heavy atom. The zero-order valence-electron chi connectivity index (χ0n) is 14.0. The SMILES string of the molecule is COC(=O)[C@H](Cc1ccccc1)N[C@@H]([C@@H](CO)C(C)C)C(F)(F)F. The molecule has 1 rings (SSSR count). The van der Waals surface area contributed by atoms with E-state index in [1.54, 1.807) is 44.2 Å². The minimum absolute atomic E-state index is 0.0658. The van der Waals surface area contributed by atoms with Crippen LogP contribution in [0.3, 0.4) is 0 Å². The van der Waals surface area contributed by atoms with Crippen molar-refractivity contribution in [3.63, 3.8) is 0 Å². The Bertz CT molecular complexity index is 506. The summed E-state index contributed by atoms with van der Waals surface area (Å²) >= 11 is 0. The molecule has 0 unspecified atom stereocenters. The van der Waals surface area contributed by atoms with E-state index in [9.17, 15) is 23.1 Å². The van der Waals surface area contributed by atoms with Gasteiger partial charge in [0.15, 0.2) is 0 Å². The summed E-state index contributed by atoms with van der Waals surface area (Å²) in [5.41, 5.74) is 0.714. The van der Waals surface area contributed by atoms with E-state index in [4.69, 9.17) is 0 Å². The molecule has 0 bridgehead atoms. The first-order valence-electron chi connectivity index (χ1n) is 7.76. The molecule has 0 aliphatic carbocycles. The lowest BCUT2D eigenvalue weighted by atomic mass is 9.87. The number of nitrogens with one attached hydrogen (secondary N) is 1. The third-order valence-corrected chi connectivity index (χ3v) is 4.00. The van der Waals surface area contributed by atoms with Crippen LogP contribution < -0.4 is 5.32 Å². The molecule has 24 heavy (non-hydrogen) atoms. The molecule has 0 aliphatic heterocycles. The maximum absolute atomic E-state index is 13.5. The minimum atomic E-state index is -4.60. The van der Waals surface area contributed by atoms with Crippen LogP contribution in [0.1, 0.15) is 19.4 Å². The van der Waals surface area contributed by atoms with E-state index in [0.29, 0.717) is 5.56 Å². The molecule has 0 heterocycles. The molecule has 0 aliphatic rings. The van der Waals surface area contributed by atoms with Crippen molar-refractivity contribution in [1.82, 2.24) is 5.32 Å². The van der Waals surface area contributed by atoms with Gasteiger partial charge in [0, 0.05) is 12.5 Å². The lowest BCUT2D eigenvalue weighted by molar-refractivity contribution is -0.179. The molecular weight excluding hydrogens is 323 g/mol. The van der Waals surface area contributed by atoms with Gasteiger partial charge in [0.05, 0.1) is 7.11 Å². The minimum Gasteiger partial charge on any atom is -0.468 e. The van der Waals surface area contributed by atoms with Crippen molar-refractivity contribution in [2.24, 2.45) is 11.8 Å². The topological polar surface area (TPSA) is 58.6 Å². The number of aliphatic hydroxyl groups is 1. The van der Waals surface area contributed by atoms with Crippen LogP contribution >= 0.6 is 0 Å². The van der Waals surface area contributed by atoms with Crippen molar-refractivity contribution in [2.45, 2.75) is 38.5 Å². The summed E-state index contributed by atoms with van der Waals surface area (Å²) in [5, 5.41) is 11.7. The first kappa shape index (κ1) is 20.4. The molecule has 0 spiro atoms. The van der Waals surface area contributed by atoms with Gasteiger partial charge in [-0.05, 0) is 17.9 Å². The Kier molecular flexibility index (Phi) is 7.69. The maximum Gasteiger partial charge on any atom is 0.404 e. The van der Waals surface area contributed by atoms with Gasteiger partial charge in [-0.2, -0.15) is 13.2 Å². The fourth-order valence-electron chi connectivity index (χ4n) is 2.58. The molecule has 0 fully saturated rings. The molecule has 7 heteroatoms. The number of esters is 1. The van der Waals surface area contributed by atoms with Crippen LogP contribution in [0.4, 0.5) is 13.2 Å². The first-order valence-corrected chi connectivity index (χ1v) is 7.76. The van der Waals surface area contributed by atoms with Crippen LogP contribution in [0, 0.1) is 11.8 Å². The van der Waals surface area contributed by atoms with Crippen LogP contribution in [-0.4, -0.2) is 43.1 Å². The van der Waals surface area contributed by atoms with Gasteiger partial charge in [0.1, 0.15) is 12.1 Å². The van der Waals surface area contributed by atoms with Crippen LogP contribution in [0.5, 0.6) is 0 Å². The summed E-state index contributed by atoms with van der Waals surface area (Å²) in [4.78, 5) is 11.9. The van der Waals surface area contributed by atoms with E-state index in [1.165, 1.54) is 0 Å². The Morgan fingerprint density at radius 2 is 1.83 bits per heavy atom. The van der Waals surface area contributed by atoms with E-state index in [-0.39, 0.29) is 6.42 Å². The monoisotopic (exact) mass is 347 g/mol. The number of methoxy groups -OCH3 is 1. The van der Waals surface area contributed by atoms with Crippen molar-refractivity contribution >= 4 is 5.97 Å². The lowest BCUT2D eigenvalue weighted by Crippen LogP contribution is -2.56. The van der Waals surface area contributed by atoms with Gasteiger partial charge in [-0.25, -0.2) is 0 Å². The highest BCUT2D eigenvalue weighted by Gasteiger charge is 2.47. The molecule has 0 aromatic heterocycles. The third-order valence-electron chi connectivity index (χ3n) is 4.00. The summed E-state index contributed by atoms with van der Waals surface area (Å²) < 4.78 is 45.0. The molecule has 136 valence electrons. The smallest absolute Gasteiger partial charge is 0.404 e. The zero-order chi connectivity index (χ0) is 18.3. The molecule has 3 atom stereocenters. The average molecular weight is 347 g/mol. The van der Waals surface area contributed by atoms with Gasteiger partial charge >= 0.3 is 12.1 Å². The third kappa shape index (κ3) is 5.79. The molecule has 0 amide bonds. The second kappa shape index (κ2) is 9.03. The number of hydrogen-bond donors (Lipinski definition) is 2. The number of halogens is 3. The molecule has 4 nitrogen and oxygen atoms in total. The Hall–Kier alpha value is -1.60. The Balaban J connectivity index is 3.05. The van der Waals surface area contributed by atoms with Crippen molar-refractivity contribution in [2.75, 3.05) is 13.7 Å². The predicted octanol–water partition coefficient (Wildman–Crippen LogP) is 2.56. The number of hydrogen-bond acceptors (Lipinski definition) is 4. The number of alkyl halides is 3. The van der Waals surface area contributed by atoms with E-state index >= 15 is 0 Å². The summed E-state index contributed by atoms with van der Waals surface area (Å²) in [6, 6.07) is 5.57. The van der Waals surface area contributed by atoms with Gasteiger partial charge in [-0.3, -0.25) is 10.1 Å². The van der Waals surface area contributed by atoms with Crippen molar-refractivity contribution in [3.8, 4) is 0 Å². The molecule has 1 aromatic rings. The van der Waals surface area contributed by atoms with Gasteiger partial charge in [-0.1, -0.05) is 44.2 Å². The van der Waals surface area contributed by atoms with Gasteiger partial charge in [-0.15, -0.1) is 0 Å². The number of carbonyl (C=O) groups excluding carboxylic acids is 1. The summed E-state index contributed by atoms with van der Waals surface area (Å²) in [5.74, 6) is -2.24. The van der Waals surface area contributed by atoms with Gasteiger partial charge in [0.25, 0.3) is 0 Å². The number of aliphatic hydroxyl groups excluding tert-OH is 1. The predicted molar refractivity (Wildman–Crippen MR) is 84.3 cm³/mol. The van der Waals surface area contributed by atoms with Crippen molar-refractivity contribution < 1.29 is 27.8 Å². The fraction of sp³-hybridized carbons (Fsp3) is 0.588. The molecule has 2 N–H and O–H groups in total. The van der Waals surface area contributed by atoms with Crippen molar-refractivity contribution in [3.05, 3.63) is 35.9 Å². The largest absolute Gasteiger partial charge is 0.468 e. The highest BCUT2D eigenvalue weighted by molar-refractivity contribution is 5.76. The van der Waals surface area contributed by atoms with Crippen LogP contribution in [0.25, 0.3) is 0 Å². The molecular formula is C17H24F3NO3. The Labute approximate surface area is 140 Å². The van der Waals surface area contributed by atoms with E-state index < -0.39 is 42.7 Å². The maximum atomic E-state index is 13.5. The normalized spacial score (nSPS) is 15.8. The van der Waals surface area contributed by atoms with Gasteiger partial charge in [0.2, 0.25) is 0 Å².